The zero-order chi connectivity index (χ0) is 47.7. The molecule has 3 N–H and O–H groups in total. The van der Waals surface area contributed by atoms with Crippen LogP contribution in [-0.4, -0.2) is 114 Å². The van der Waals surface area contributed by atoms with Gasteiger partial charge in [0, 0.05) is 48.4 Å². The first kappa shape index (κ1) is 47.5. The molecule has 8 atom stereocenters. The number of aliphatic hydroxyl groups is 1. The summed E-state index contributed by atoms with van der Waals surface area (Å²) in [6.07, 6.45) is -2.10. The number of ether oxygens (including phenoxy) is 6. The molecule has 4 aliphatic heterocycles. The van der Waals surface area contributed by atoms with Crippen molar-refractivity contribution < 1.29 is 67.1 Å². The zero-order valence-corrected chi connectivity index (χ0v) is 38.1. The van der Waals surface area contributed by atoms with Crippen LogP contribution in [0.5, 0.6) is 0 Å². The number of hydrogen-bond donors (Lipinski definition) is 3. The number of benzene rings is 3. The molecule has 8 unspecified atom stereocenters. The molecule has 0 aromatic heterocycles. The number of nitrogens with zero attached hydrogens (tertiary/aromatic N) is 1. The number of carbonyl (C=O) groups is 6. The number of esters is 4. The molecule has 1 aliphatic carbocycles. The van der Waals surface area contributed by atoms with Crippen LogP contribution in [0, 0.1) is 10.8 Å². The highest BCUT2D eigenvalue weighted by atomic mass is 16.8. The van der Waals surface area contributed by atoms with Gasteiger partial charge in [-0.2, -0.15) is 5.06 Å². The predicted molar refractivity (Wildman–Crippen MR) is 236 cm³/mol. The van der Waals surface area contributed by atoms with Crippen molar-refractivity contribution in [2.45, 2.75) is 121 Å². The van der Waals surface area contributed by atoms with Crippen molar-refractivity contribution in [3.05, 3.63) is 113 Å². The highest BCUT2D eigenvalue weighted by molar-refractivity contribution is 5.94. The summed E-state index contributed by atoms with van der Waals surface area (Å²) in [4.78, 5) is 86.6. The van der Waals surface area contributed by atoms with Crippen LogP contribution >= 0.6 is 0 Å². The summed E-state index contributed by atoms with van der Waals surface area (Å²) in [5, 5.41) is 17.0. The topological polar surface area (TPSA) is 215 Å². The lowest BCUT2D eigenvalue weighted by molar-refractivity contribution is -0.213. The average molecular weight is 924 g/mol. The fourth-order valence-electron chi connectivity index (χ4n) is 9.57. The molecular weight excluding hydrogens is 867 g/mol. The smallest absolute Gasteiger partial charge is 0.348 e. The van der Waals surface area contributed by atoms with E-state index in [1.807, 2.05) is 60.7 Å². The number of rotatable bonds is 16. The average Bonchev–Trinajstić information content (AvgIpc) is 3.95. The quantitative estimate of drug-likeness (QED) is 0.106. The summed E-state index contributed by atoms with van der Waals surface area (Å²) in [5.41, 5.74) is -0.311. The van der Waals surface area contributed by atoms with Crippen molar-refractivity contribution in [1.82, 2.24) is 15.7 Å². The number of hydroxylamine groups is 2. The van der Waals surface area contributed by atoms with Gasteiger partial charge in [-0.15, -0.1) is 0 Å². The molecule has 0 spiro atoms. The van der Waals surface area contributed by atoms with E-state index in [9.17, 15) is 33.9 Å². The predicted octanol–water partition coefficient (Wildman–Crippen LogP) is 3.79. The first-order valence-electron chi connectivity index (χ1n) is 22.6. The van der Waals surface area contributed by atoms with Crippen LogP contribution in [0.1, 0.15) is 82.6 Å². The van der Waals surface area contributed by atoms with Crippen LogP contribution in [0.25, 0.3) is 6.08 Å². The Kier molecular flexibility index (Phi) is 13.4. The third-order valence-corrected chi connectivity index (χ3v) is 12.7. The number of aliphatic hydroxyl groups excluding tert-OH is 1. The van der Waals surface area contributed by atoms with Crippen molar-refractivity contribution in [1.29, 1.82) is 0 Å². The second-order valence-electron chi connectivity index (χ2n) is 19.3. The van der Waals surface area contributed by atoms with Crippen molar-refractivity contribution >= 4 is 41.8 Å². The van der Waals surface area contributed by atoms with E-state index in [1.165, 1.54) is 11.1 Å². The van der Waals surface area contributed by atoms with E-state index in [0.717, 1.165) is 0 Å². The number of amides is 2. The Bertz CT molecular complexity index is 2350. The van der Waals surface area contributed by atoms with Gasteiger partial charge in [-0.1, -0.05) is 98.8 Å². The minimum Gasteiger partial charge on any atom is -0.462 e. The second-order valence-corrected chi connectivity index (χ2v) is 19.3. The van der Waals surface area contributed by atoms with Crippen LogP contribution in [0.15, 0.2) is 91.0 Å². The molecule has 2 amide bonds. The van der Waals surface area contributed by atoms with Crippen LogP contribution in [0.2, 0.25) is 0 Å². The molecule has 356 valence electrons. The summed E-state index contributed by atoms with van der Waals surface area (Å²) < 4.78 is 36.0. The van der Waals surface area contributed by atoms with Crippen LogP contribution < -0.4 is 10.6 Å². The van der Waals surface area contributed by atoms with Gasteiger partial charge in [0.2, 0.25) is 23.7 Å². The van der Waals surface area contributed by atoms with E-state index in [2.05, 4.69) is 10.6 Å². The van der Waals surface area contributed by atoms with E-state index < -0.39 is 107 Å². The fourth-order valence-corrected chi connectivity index (χ4v) is 9.57. The Hall–Kier alpha value is -5.98. The Balaban J connectivity index is 1.04. The Morgan fingerprint density at radius 1 is 0.910 bits per heavy atom. The van der Waals surface area contributed by atoms with Gasteiger partial charge < -0.3 is 44.2 Å². The molecule has 5 fully saturated rings. The number of cyclic esters (lactones) is 1. The molecular formula is C50H57N3O14. The van der Waals surface area contributed by atoms with E-state index in [0.29, 0.717) is 22.3 Å². The van der Waals surface area contributed by atoms with Gasteiger partial charge in [-0.25, -0.2) is 9.59 Å². The monoisotopic (exact) mass is 923 g/mol. The molecule has 17 nitrogen and oxygen atoms in total. The van der Waals surface area contributed by atoms with Gasteiger partial charge in [0.1, 0.15) is 42.0 Å². The summed E-state index contributed by atoms with van der Waals surface area (Å²) >= 11 is 0. The van der Waals surface area contributed by atoms with Gasteiger partial charge >= 0.3 is 23.9 Å². The van der Waals surface area contributed by atoms with Gasteiger partial charge in [-0.05, 0) is 44.4 Å². The largest absolute Gasteiger partial charge is 0.462 e. The molecule has 0 radical (unpaired) electrons. The van der Waals surface area contributed by atoms with Crippen molar-refractivity contribution in [2.24, 2.45) is 10.8 Å². The SMILES string of the molecule is CC(C)(C)OC(=O)CCC(CO)NC(=O)CCNC(=O)C12CC3OC(=O)C1N(Cc1cccc(C=CC(=O)OC4C(=O)OCC4(C)C)c1)OC2C1OC(c2ccccc2)(c2ccccc2)OC31. The van der Waals surface area contributed by atoms with Gasteiger partial charge in [-0.3, -0.25) is 24.0 Å². The van der Waals surface area contributed by atoms with Crippen LogP contribution in [0.3, 0.4) is 0 Å². The lowest BCUT2D eigenvalue weighted by Crippen LogP contribution is -2.69. The molecule has 17 heteroatoms. The first-order chi connectivity index (χ1) is 31.9. The molecule has 3 aromatic carbocycles. The van der Waals surface area contributed by atoms with Gasteiger partial charge in [0.25, 0.3) is 0 Å². The Morgan fingerprint density at radius 2 is 1.60 bits per heavy atom. The van der Waals surface area contributed by atoms with Crippen LogP contribution in [0.4, 0.5) is 0 Å². The van der Waals surface area contributed by atoms with E-state index >= 15 is 0 Å². The third-order valence-electron chi connectivity index (χ3n) is 12.7. The standard InChI is InChI=1S/C50H57N3O14/c1-47(2,3)64-38(57)22-20-34(28-54)52-36(55)23-24-51-46(60)49-26-35-39-40(66-50(65-39,32-15-8-6-9-16-32)33-17-10-7-11-18-33)42(49)67-53(41(49)44(58)62-35)27-31-14-12-13-30(25-31)19-21-37(56)63-43-45(59)61-29-48(43,4)5/h6-19,21,25,34-35,39-43,54H,20,22-24,26-29H2,1-5H3,(H,51,60)(H,52,55). The summed E-state index contributed by atoms with van der Waals surface area (Å²) in [6.45, 7) is 8.40. The molecule has 1 saturated carbocycles. The molecule has 3 aromatic rings. The Labute approximate surface area is 388 Å². The molecule has 67 heavy (non-hydrogen) atoms. The van der Waals surface area contributed by atoms with E-state index in [-0.39, 0.29) is 45.4 Å². The summed E-state index contributed by atoms with van der Waals surface area (Å²) in [6, 6.07) is 23.9. The maximum Gasteiger partial charge on any atom is 0.348 e. The summed E-state index contributed by atoms with van der Waals surface area (Å²) in [7, 11) is 0. The second kappa shape index (κ2) is 19.0. The fraction of sp³-hybridized carbons (Fsp3) is 0.480. The number of hydrogen-bond acceptors (Lipinski definition) is 15. The molecule has 8 rings (SSSR count). The lowest BCUT2D eigenvalue weighted by atomic mass is 9.62. The highest BCUT2D eigenvalue weighted by Gasteiger charge is 2.76. The van der Waals surface area contributed by atoms with Gasteiger partial charge in [0.05, 0.1) is 19.2 Å². The Morgan fingerprint density at radius 3 is 2.24 bits per heavy atom. The highest BCUT2D eigenvalue weighted by Crippen LogP contribution is 2.59. The van der Waals surface area contributed by atoms with E-state index in [1.54, 1.807) is 65.0 Å². The normalized spacial score (nSPS) is 27.4. The third kappa shape index (κ3) is 9.74. The van der Waals surface area contributed by atoms with E-state index in [4.69, 9.17) is 33.3 Å². The lowest BCUT2D eigenvalue weighted by Gasteiger charge is -2.48. The maximum absolute atomic E-state index is 14.9. The molecule has 2 bridgehead atoms. The zero-order valence-electron chi connectivity index (χ0n) is 38.1. The summed E-state index contributed by atoms with van der Waals surface area (Å²) in [5.74, 6) is -4.97. The number of nitrogens with one attached hydrogen (secondary N) is 2. The minimum atomic E-state index is -1.58. The van der Waals surface area contributed by atoms with Crippen molar-refractivity contribution in [3.63, 3.8) is 0 Å². The number of fused-ring (bicyclic) bond motifs is 4. The first-order valence-corrected chi connectivity index (χ1v) is 22.6. The molecule has 5 aliphatic rings. The van der Waals surface area contributed by atoms with Gasteiger partial charge in [0.15, 0.2) is 6.04 Å². The molecule has 4 saturated heterocycles. The minimum absolute atomic E-state index is 0.000793. The molecule has 4 heterocycles. The maximum atomic E-state index is 14.9. The van der Waals surface area contributed by atoms with Crippen molar-refractivity contribution in [3.8, 4) is 0 Å². The van der Waals surface area contributed by atoms with Crippen LogP contribution in [-0.2, 0) is 74.4 Å². The van der Waals surface area contributed by atoms with Crippen molar-refractivity contribution in [2.75, 3.05) is 19.8 Å². The number of carbonyl (C=O) groups excluding carboxylic acids is 6.